The van der Waals surface area contributed by atoms with E-state index in [1.807, 2.05) is 6.20 Å². The number of nitrogens with one attached hydrogen (secondary N) is 1. The Kier molecular flexibility index (Phi) is 2.10. The average molecular weight is 179 g/mol. The molecular weight excluding hydrogens is 162 g/mol. The van der Waals surface area contributed by atoms with E-state index in [1.54, 1.807) is 0 Å². The van der Waals surface area contributed by atoms with Gasteiger partial charge in [0.1, 0.15) is 0 Å². The molecule has 0 bridgehead atoms. The second-order valence-electron chi connectivity index (χ2n) is 4.85. The standard InChI is InChI=1S/C10H17N3/c1-10(2)5-3-4-8(6-10)9-7-11-13-12-9/h7-8H,3-6H2,1-2H3,(H,11,12,13). The van der Waals surface area contributed by atoms with Crippen molar-refractivity contribution in [3.05, 3.63) is 11.9 Å². The molecule has 0 amide bonds. The van der Waals surface area contributed by atoms with E-state index in [2.05, 4.69) is 29.3 Å². The Bertz CT molecular complexity index is 264. The highest BCUT2D eigenvalue weighted by molar-refractivity contribution is 5.04. The lowest BCUT2D eigenvalue weighted by Gasteiger charge is -2.34. The molecule has 1 aromatic heterocycles. The van der Waals surface area contributed by atoms with Crippen molar-refractivity contribution in [3.8, 4) is 0 Å². The van der Waals surface area contributed by atoms with Gasteiger partial charge < -0.3 is 0 Å². The molecular formula is C10H17N3. The minimum atomic E-state index is 0.488. The Hall–Kier alpha value is -0.860. The quantitative estimate of drug-likeness (QED) is 0.719. The van der Waals surface area contributed by atoms with Gasteiger partial charge in [-0.15, -0.1) is 0 Å². The Morgan fingerprint density at radius 3 is 3.00 bits per heavy atom. The zero-order valence-corrected chi connectivity index (χ0v) is 8.38. The van der Waals surface area contributed by atoms with Gasteiger partial charge in [0.05, 0.1) is 11.9 Å². The summed E-state index contributed by atoms with van der Waals surface area (Å²) in [5, 5.41) is 10.7. The van der Waals surface area contributed by atoms with Gasteiger partial charge in [-0.2, -0.15) is 15.4 Å². The molecule has 1 N–H and O–H groups in total. The number of rotatable bonds is 1. The van der Waals surface area contributed by atoms with E-state index in [1.165, 1.54) is 25.7 Å². The van der Waals surface area contributed by atoms with Crippen molar-refractivity contribution in [2.24, 2.45) is 5.41 Å². The molecule has 0 spiro atoms. The molecule has 1 aliphatic rings. The van der Waals surface area contributed by atoms with Crippen LogP contribution in [-0.4, -0.2) is 15.4 Å². The zero-order valence-electron chi connectivity index (χ0n) is 8.38. The average Bonchev–Trinajstić information content (AvgIpc) is 2.53. The summed E-state index contributed by atoms with van der Waals surface area (Å²) in [4.78, 5) is 0. The molecule has 0 aliphatic heterocycles. The Morgan fingerprint density at radius 2 is 2.38 bits per heavy atom. The van der Waals surface area contributed by atoms with Gasteiger partial charge in [-0.1, -0.05) is 20.3 Å². The largest absolute Gasteiger partial charge is 0.198 e. The molecule has 3 nitrogen and oxygen atoms in total. The molecule has 1 heterocycles. The van der Waals surface area contributed by atoms with Crippen LogP contribution in [0.25, 0.3) is 0 Å². The maximum Gasteiger partial charge on any atom is 0.0855 e. The minimum Gasteiger partial charge on any atom is -0.198 e. The topological polar surface area (TPSA) is 41.6 Å². The smallest absolute Gasteiger partial charge is 0.0855 e. The molecule has 0 saturated heterocycles. The maximum absolute atomic E-state index is 4.17. The van der Waals surface area contributed by atoms with Crippen LogP contribution in [0.15, 0.2) is 6.20 Å². The van der Waals surface area contributed by atoms with Gasteiger partial charge in [0.25, 0.3) is 0 Å². The molecule has 1 atom stereocenters. The Labute approximate surface area is 78.9 Å². The summed E-state index contributed by atoms with van der Waals surface area (Å²) in [7, 11) is 0. The van der Waals surface area contributed by atoms with Gasteiger partial charge in [-0.3, -0.25) is 0 Å². The normalized spacial score (nSPS) is 27.4. The summed E-state index contributed by atoms with van der Waals surface area (Å²) in [6, 6.07) is 0. The molecule has 3 heteroatoms. The van der Waals surface area contributed by atoms with Crippen molar-refractivity contribution in [1.29, 1.82) is 0 Å². The minimum absolute atomic E-state index is 0.488. The SMILES string of the molecule is CC1(C)CCCC(c2cn[nH]n2)C1. The third-order valence-electron chi connectivity index (χ3n) is 3.06. The van der Waals surface area contributed by atoms with Crippen LogP contribution in [0.4, 0.5) is 0 Å². The number of hydrogen-bond acceptors (Lipinski definition) is 2. The van der Waals surface area contributed by atoms with Crippen LogP contribution in [0, 0.1) is 5.41 Å². The maximum atomic E-state index is 4.17. The second kappa shape index (κ2) is 3.13. The summed E-state index contributed by atoms with van der Waals surface area (Å²) < 4.78 is 0. The Balaban J connectivity index is 2.09. The van der Waals surface area contributed by atoms with E-state index in [0.717, 1.165) is 5.69 Å². The summed E-state index contributed by atoms with van der Waals surface area (Å²) >= 11 is 0. The molecule has 1 aliphatic carbocycles. The van der Waals surface area contributed by atoms with E-state index >= 15 is 0 Å². The molecule has 72 valence electrons. The van der Waals surface area contributed by atoms with Gasteiger partial charge in [0.15, 0.2) is 0 Å². The predicted molar refractivity (Wildman–Crippen MR) is 51.4 cm³/mol. The zero-order chi connectivity index (χ0) is 9.31. The third kappa shape index (κ3) is 1.90. The van der Waals surface area contributed by atoms with E-state index < -0.39 is 0 Å². The molecule has 1 fully saturated rings. The van der Waals surface area contributed by atoms with Crippen molar-refractivity contribution in [3.63, 3.8) is 0 Å². The summed E-state index contributed by atoms with van der Waals surface area (Å²) in [6.45, 7) is 4.69. The lowest BCUT2D eigenvalue weighted by molar-refractivity contribution is 0.217. The fourth-order valence-corrected chi connectivity index (χ4v) is 2.36. The van der Waals surface area contributed by atoms with Crippen molar-refractivity contribution in [2.75, 3.05) is 0 Å². The molecule has 2 rings (SSSR count). The van der Waals surface area contributed by atoms with Crippen LogP contribution in [0.2, 0.25) is 0 Å². The molecule has 13 heavy (non-hydrogen) atoms. The first-order valence-corrected chi connectivity index (χ1v) is 5.03. The van der Waals surface area contributed by atoms with Crippen LogP contribution < -0.4 is 0 Å². The second-order valence-corrected chi connectivity index (χ2v) is 4.85. The van der Waals surface area contributed by atoms with Crippen LogP contribution >= 0.6 is 0 Å². The highest BCUT2D eigenvalue weighted by atomic mass is 15.3. The summed E-state index contributed by atoms with van der Waals surface area (Å²) in [6.07, 6.45) is 7.06. The lowest BCUT2D eigenvalue weighted by Crippen LogP contribution is -2.21. The van der Waals surface area contributed by atoms with Gasteiger partial charge in [0.2, 0.25) is 0 Å². The first-order valence-electron chi connectivity index (χ1n) is 5.03. The van der Waals surface area contributed by atoms with Crippen molar-refractivity contribution < 1.29 is 0 Å². The van der Waals surface area contributed by atoms with E-state index in [9.17, 15) is 0 Å². The van der Waals surface area contributed by atoms with Crippen LogP contribution in [0.3, 0.4) is 0 Å². The van der Waals surface area contributed by atoms with Crippen molar-refractivity contribution >= 4 is 0 Å². The lowest BCUT2D eigenvalue weighted by atomic mass is 9.71. The van der Waals surface area contributed by atoms with Crippen LogP contribution in [0.5, 0.6) is 0 Å². The van der Waals surface area contributed by atoms with Crippen molar-refractivity contribution in [2.45, 2.75) is 45.4 Å². The van der Waals surface area contributed by atoms with Crippen LogP contribution in [-0.2, 0) is 0 Å². The van der Waals surface area contributed by atoms with E-state index in [0.29, 0.717) is 11.3 Å². The summed E-state index contributed by atoms with van der Waals surface area (Å²) in [5.74, 6) is 0.627. The molecule has 1 aromatic rings. The van der Waals surface area contributed by atoms with Gasteiger partial charge in [-0.05, 0) is 24.7 Å². The van der Waals surface area contributed by atoms with Crippen molar-refractivity contribution in [1.82, 2.24) is 15.4 Å². The number of H-pyrrole nitrogens is 1. The molecule has 1 saturated carbocycles. The number of aromatic nitrogens is 3. The molecule has 0 radical (unpaired) electrons. The number of nitrogens with zero attached hydrogens (tertiary/aromatic N) is 2. The van der Waals surface area contributed by atoms with Gasteiger partial charge >= 0.3 is 0 Å². The first kappa shape index (κ1) is 8.73. The summed E-state index contributed by atoms with van der Waals surface area (Å²) in [5.41, 5.74) is 1.63. The van der Waals surface area contributed by atoms with E-state index in [4.69, 9.17) is 0 Å². The van der Waals surface area contributed by atoms with E-state index in [-0.39, 0.29) is 0 Å². The highest BCUT2D eigenvalue weighted by Gasteiger charge is 2.29. The van der Waals surface area contributed by atoms with Gasteiger partial charge in [-0.25, -0.2) is 0 Å². The van der Waals surface area contributed by atoms with Crippen LogP contribution in [0.1, 0.15) is 51.1 Å². The van der Waals surface area contributed by atoms with Gasteiger partial charge in [0, 0.05) is 5.92 Å². The highest BCUT2D eigenvalue weighted by Crippen LogP contribution is 2.42. The number of aromatic amines is 1. The Morgan fingerprint density at radius 1 is 1.54 bits per heavy atom. The molecule has 1 unspecified atom stereocenters. The number of hydrogen-bond donors (Lipinski definition) is 1. The molecule has 0 aromatic carbocycles. The third-order valence-corrected chi connectivity index (χ3v) is 3.06. The fraction of sp³-hybridized carbons (Fsp3) is 0.800. The predicted octanol–water partition coefficient (Wildman–Crippen LogP) is 2.49. The fourth-order valence-electron chi connectivity index (χ4n) is 2.36. The first-order chi connectivity index (χ1) is 6.17. The monoisotopic (exact) mass is 179 g/mol.